The number of carbonyl (C=O) groups excluding carboxylic acids is 1. The predicted octanol–water partition coefficient (Wildman–Crippen LogP) is 5.35. The van der Waals surface area contributed by atoms with Crippen molar-refractivity contribution in [2.45, 2.75) is 24.6 Å². The van der Waals surface area contributed by atoms with E-state index in [0.717, 1.165) is 33.4 Å². The quantitative estimate of drug-likeness (QED) is 0.422. The molecule has 0 unspecified atom stereocenters. The molecule has 4 rings (SSSR count). The Morgan fingerprint density at radius 3 is 2.72 bits per heavy atom. The highest BCUT2D eigenvalue weighted by Gasteiger charge is 2.14. The van der Waals surface area contributed by atoms with Crippen LogP contribution in [0.4, 0.5) is 5.69 Å². The summed E-state index contributed by atoms with van der Waals surface area (Å²) in [4.78, 5) is 21.6. The zero-order chi connectivity index (χ0) is 20.2. The highest BCUT2D eigenvalue weighted by atomic mass is 32.2. The van der Waals surface area contributed by atoms with E-state index in [1.165, 1.54) is 11.8 Å². The van der Waals surface area contributed by atoms with Gasteiger partial charge in [0, 0.05) is 34.6 Å². The van der Waals surface area contributed by atoms with Gasteiger partial charge in [0.2, 0.25) is 0 Å². The number of rotatable bonds is 6. The Morgan fingerprint density at radius 1 is 1.21 bits per heavy atom. The highest BCUT2D eigenvalue weighted by molar-refractivity contribution is 7.98. The van der Waals surface area contributed by atoms with Crippen molar-refractivity contribution in [3.63, 3.8) is 0 Å². The van der Waals surface area contributed by atoms with Gasteiger partial charge < -0.3 is 9.84 Å². The molecule has 1 amide bonds. The van der Waals surface area contributed by atoms with Gasteiger partial charge in [-0.15, -0.1) is 11.3 Å². The summed E-state index contributed by atoms with van der Waals surface area (Å²) in [5.74, 6) is 1.14. The lowest BCUT2D eigenvalue weighted by atomic mass is 10.1. The molecule has 0 aliphatic rings. The molecule has 0 aliphatic carbocycles. The Kier molecular flexibility index (Phi) is 5.73. The first-order chi connectivity index (χ1) is 14.1. The Bertz CT molecular complexity index is 1140. The average Bonchev–Trinajstić information content (AvgIpc) is 3.35. The van der Waals surface area contributed by atoms with Crippen molar-refractivity contribution in [2.75, 3.05) is 5.32 Å². The summed E-state index contributed by atoms with van der Waals surface area (Å²) in [5, 5.41) is 10.6. The van der Waals surface area contributed by atoms with Gasteiger partial charge in [-0.1, -0.05) is 29.1 Å². The number of pyridine rings is 1. The molecule has 0 fully saturated rings. The smallest absolute Gasteiger partial charge is 0.258 e. The van der Waals surface area contributed by atoms with E-state index >= 15 is 0 Å². The second-order valence-corrected chi connectivity index (χ2v) is 8.38. The van der Waals surface area contributed by atoms with E-state index < -0.39 is 0 Å². The van der Waals surface area contributed by atoms with E-state index in [9.17, 15) is 4.79 Å². The molecule has 0 spiro atoms. The van der Waals surface area contributed by atoms with Crippen LogP contribution in [-0.4, -0.2) is 21.0 Å². The minimum absolute atomic E-state index is 0.200. The van der Waals surface area contributed by atoms with Crippen LogP contribution >= 0.6 is 23.1 Å². The Morgan fingerprint density at radius 2 is 2.03 bits per heavy atom. The molecule has 0 atom stereocenters. The number of aromatic nitrogens is 3. The molecule has 3 aromatic heterocycles. The zero-order valence-electron chi connectivity index (χ0n) is 15.9. The molecule has 8 heteroatoms. The topological polar surface area (TPSA) is 80.9 Å². The third-order valence-electron chi connectivity index (χ3n) is 4.11. The van der Waals surface area contributed by atoms with Gasteiger partial charge in [-0.3, -0.25) is 4.79 Å². The summed E-state index contributed by atoms with van der Waals surface area (Å²) < 4.78 is 5.09. The number of nitrogens with one attached hydrogen (secondary N) is 1. The van der Waals surface area contributed by atoms with Crippen LogP contribution in [-0.2, 0) is 5.75 Å². The fraction of sp³-hybridized carbons (Fsp3) is 0.143. The highest BCUT2D eigenvalue weighted by Crippen LogP contribution is 2.26. The summed E-state index contributed by atoms with van der Waals surface area (Å²) in [7, 11) is 0. The number of thiazole rings is 1. The maximum Gasteiger partial charge on any atom is 0.258 e. The average molecular weight is 423 g/mol. The van der Waals surface area contributed by atoms with Crippen molar-refractivity contribution < 1.29 is 9.32 Å². The van der Waals surface area contributed by atoms with E-state index in [-0.39, 0.29) is 5.91 Å². The molecular weight excluding hydrogens is 404 g/mol. The molecule has 0 bridgehead atoms. The second kappa shape index (κ2) is 8.59. The number of benzene rings is 1. The second-order valence-electron chi connectivity index (χ2n) is 6.36. The molecule has 1 aromatic carbocycles. The normalized spacial score (nSPS) is 10.8. The van der Waals surface area contributed by atoms with Crippen molar-refractivity contribution in [1.29, 1.82) is 0 Å². The van der Waals surface area contributed by atoms with E-state index in [4.69, 9.17) is 4.52 Å². The molecule has 4 aromatic rings. The first kappa shape index (κ1) is 19.4. The summed E-state index contributed by atoms with van der Waals surface area (Å²) in [5.41, 5.74) is 4.03. The molecular formula is C21H18N4O2S2. The van der Waals surface area contributed by atoms with Crippen LogP contribution in [0.15, 0.2) is 63.6 Å². The maximum atomic E-state index is 12.8. The van der Waals surface area contributed by atoms with Gasteiger partial charge in [-0.2, -0.15) is 0 Å². The van der Waals surface area contributed by atoms with E-state index in [2.05, 4.69) is 20.4 Å². The summed E-state index contributed by atoms with van der Waals surface area (Å²) >= 11 is 3.07. The maximum absolute atomic E-state index is 12.8. The number of carbonyl (C=O) groups is 1. The van der Waals surface area contributed by atoms with Crippen molar-refractivity contribution in [3.05, 3.63) is 76.1 Å². The van der Waals surface area contributed by atoms with E-state index in [1.807, 2.05) is 49.6 Å². The first-order valence-electron chi connectivity index (χ1n) is 8.92. The Labute approximate surface area is 176 Å². The van der Waals surface area contributed by atoms with Crippen molar-refractivity contribution >= 4 is 34.7 Å². The van der Waals surface area contributed by atoms with Crippen LogP contribution in [0.2, 0.25) is 0 Å². The van der Waals surface area contributed by atoms with Crippen LogP contribution in [0.1, 0.15) is 26.8 Å². The van der Waals surface area contributed by atoms with Crippen LogP contribution in [0, 0.1) is 13.8 Å². The number of amides is 1. The lowest BCUT2D eigenvalue weighted by Crippen LogP contribution is -2.13. The molecule has 0 aliphatic heterocycles. The van der Waals surface area contributed by atoms with Gasteiger partial charge in [0.25, 0.3) is 5.91 Å². The molecule has 0 saturated heterocycles. The Balaban J connectivity index is 1.45. The fourth-order valence-electron chi connectivity index (χ4n) is 2.73. The minimum atomic E-state index is -0.200. The van der Waals surface area contributed by atoms with Crippen LogP contribution in [0.25, 0.3) is 11.3 Å². The SMILES string of the molecule is Cc1cc(CSc2ncccc2C(=O)Nc2ccc(-c3csc(C)n3)cc2)no1. The fourth-order valence-corrected chi connectivity index (χ4v) is 4.22. The number of nitrogens with zero attached hydrogens (tertiary/aromatic N) is 3. The molecule has 0 saturated carbocycles. The minimum Gasteiger partial charge on any atom is -0.361 e. The third kappa shape index (κ3) is 4.72. The summed E-state index contributed by atoms with van der Waals surface area (Å²) in [6.45, 7) is 3.83. The van der Waals surface area contributed by atoms with Crippen LogP contribution < -0.4 is 5.32 Å². The molecule has 6 nitrogen and oxygen atoms in total. The zero-order valence-corrected chi connectivity index (χ0v) is 17.5. The van der Waals surface area contributed by atoms with Crippen molar-refractivity contribution in [2.24, 2.45) is 0 Å². The number of aryl methyl sites for hydroxylation is 2. The van der Waals surface area contributed by atoms with Crippen molar-refractivity contribution in [3.8, 4) is 11.3 Å². The van der Waals surface area contributed by atoms with Gasteiger partial charge in [0.15, 0.2) is 0 Å². The largest absolute Gasteiger partial charge is 0.361 e. The standard InChI is InChI=1S/C21H18N4O2S2/c1-13-10-17(25-27-13)11-29-21-18(4-3-9-22-21)20(26)24-16-7-5-15(6-8-16)19-12-28-14(2)23-19/h3-10,12H,11H2,1-2H3,(H,24,26). The number of hydrogen-bond donors (Lipinski definition) is 1. The molecule has 3 heterocycles. The van der Waals surface area contributed by atoms with Gasteiger partial charge in [0.05, 0.1) is 22.0 Å². The molecule has 146 valence electrons. The van der Waals surface area contributed by atoms with E-state index in [0.29, 0.717) is 16.3 Å². The Hall–Kier alpha value is -2.97. The van der Waals surface area contributed by atoms with Gasteiger partial charge >= 0.3 is 0 Å². The van der Waals surface area contributed by atoms with Crippen LogP contribution in [0.5, 0.6) is 0 Å². The molecule has 29 heavy (non-hydrogen) atoms. The number of hydrogen-bond acceptors (Lipinski definition) is 7. The monoisotopic (exact) mass is 422 g/mol. The predicted molar refractivity (Wildman–Crippen MR) is 115 cm³/mol. The van der Waals surface area contributed by atoms with E-state index in [1.54, 1.807) is 29.7 Å². The van der Waals surface area contributed by atoms with Gasteiger partial charge in [-0.05, 0) is 38.1 Å². The van der Waals surface area contributed by atoms with Gasteiger partial charge in [-0.25, -0.2) is 9.97 Å². The van der Waals surface area contributed by atoms with Gasteiger partial charge in [0.1, 0.15) is 10.8 Å². The molecule has 0 radical (unpaired) electrons. The summed E-state index contributed by atoms with van der Waals surface area (Å²) in [6.07, 6.45) is 1.68. The first-order valence-corrected chi connectivity index (χ1v) is 10.8. The lowest BCUT2D eigenvalue weighted by molar-refractivity contribution is 0.102. The van der Waals surface area contributed by atoms with Crippen LogP contribution in [0.3, 0.4) is 0 Å². The summed E-state index contributed by atoms with van der Waals surface area (Å²) in [6, 6.07) is 13.1. The number of thioether (sulfide) groups is 1. The lowest BCUT2D eigenvalue weighted by Gasteiger charge is -2.09. The van der Waals surface area contributed by atoms with Crippen molar-refractivity contribution in [1.82, 2.24) is 15.1 Å². The number of anilines is 1. The molecule has 1 N–H and O–H groups in total. The third-order valence-corrected chi connectivity index (χ3v) is 5.92.